The number of hydrogen-bond donors (Lipinski definition) is 1. The van der Waals surface area contributed by atoms with E-state index < -0.39 is 33.4 Å². The third-order valence-corrected chi connectivity index (χ3v) is 8.56. The predicted octanol–water partition coefficient (Wildman–Crippen LogP) is 4.57. The van der Waals surface area contributed by atoms with Gasteiger partial charge in [-0.3, -0.25) is 24.0 Å². The number of benzene rings is 4. The molecule has 0 radical (unpaired) electrons. The zero-order valence-corrected chi connectivity index (χ0v) is 24.4. The standard InChI is InChI=1S/C32H32N4O6S/c1-2-33-32(38)30(22-25-12-6-3-7-13-25)34(23-26-14-8-4-9-15-26)31(37)24-35(27-18-20-28(21-19-27)36(39)40)43(41,42)29-16-10-5-11-17-29/h3-21,30H,2,22-24H2,1H3,(H,33,38). The quantitative estimate of drug-likeness (QED) is 0.177. The Kier molecular flexibility index (Phi) is 10.2. The van der Waals surface area contributed by atoms with Gasteiger partial charge < -0.3 is 10.2 Å². The number of non-ortho nitro benzene ring substituents is 1. The van der Waals surface area contributed by atoms with Crippen LogP contribution in [0.1, 0.15) is 18.1 Å². The lowest BCUT2D eigenvalue weighted by molar-refractivity contribution is -0.384. The first-order chi connectivity index (χ1) is 20.7. The summed E-state index contributed by atoms with van der Waals surface area (Å²) in [6, 6.07) is 30.0. The van der Waals surface area contributed by atoms with Crippen molar-refractivity contribution in [2.45, 2.75) is 30.8 Å². The molecule has 0 heterocycles. The molecule has 2 amide bonds. The summed E-state index contributed by atoms with van der Waals surface area (Å²) >= 11 is 0. The van der Waals surface area contributed by atoms with Crippen LogP contribution in [-0.4, -0.2) is 49.2 Å². The molecular formula is C32H32N4O6S. The van der Waals surface area contributed by atoms with E-state index >= 15 is 0 Å². The topological polar surface area (TPSA) is 130 Å². The second-order valence-electron chi connectivity index (χ2n) is 9.71. The number of rotatable bonds is 13. The molecule has 1 unspecified atom stereocenters. The Balaban J connectivity index is 1.78. The van der Waals surface area contributed by atoms with Gasteiger partial charge >= 0.3 is 0 Å². The first kappa shape index (κ1) is 30.9. The molecule has 1 N–H and O–H groups in total. The van der Waals surface area contributed by atoms with E-state index in [-0.39, 0.29) is 35.1 Å². The molecule has 11 heteroatoms. The molecule has 0 aliphatic heterocycles. The maximum Gasteiger partial charge on any atom is 0.269 e. The van der Waals surface area contributed by atoms with Crippen molar-refractivity contribution in [3.63, 3.8) is 0 Å². The van der Waals surface area contributed by atoms with Gasteiger partial charge in [-0.05, 0) is 42.3 Å². The number of nitrogens with zero attached hydrogens (tertiary/aromatic N) is 3. The number of carbonyl (C=O) groups excluding carboxylic acids is 2. The number of carbonyl (C=O) groups is 2. The number of sulfonamides is 1. The van der Waals surface area contributed by atoms with E-state index in [1.54, 1.807) is 25.1 Å². The van der Waals surface area contributed by atoms with E-state index in [4.69, 9.17) is 0 Å². The molecule has 4 aromatic carbocycles. The average Bonchev–Trinajstić information content (AvgIpc) is 3.03. The van der Waals surface area contributed by atoms with Gasteiger partial charge in [0.15, 0.2) is 0 Å². The van der Waals surface area contributed by atoms with Crippen molar-refractivity contribution in [3.05, 3.63) is 137 Å². The van der Waals surface area contributed by atoms with Crippen LogP contribution in [0.4, 0.5) is 11.4 Å². The normalized spacial score (nSPS) is 11.7. The summed E-state index contributed by atoms with van der Waals surface area (Å²) in [7, 11) is -4.29. The first-order valence-corrected chi connectivity index (χ1v) is 15.1. The molecule has 0 fully saturated rings. The number of hydrogen-bond acceptors (Lipinski definition) is 6. The SMILES string of the molecule is CCNC(=O)C(Cc1ccccc1)N(Cc1ccccc1)C(=O)CN(c1ccc([N+](=O)[O-])cc1)S(=O)(=O)c1ccccc1. The summed E-state index contributed by atoms with van der Waals surface area (Å²) in [6.07, 6.45) is 0.203. The molecule has 0 saturated carbocycles. The van der Waals surface area contributed by atoms with E-state index in [1.807, 2.05) is 60.7 Å². The fourth-order valence-corrected chi connectivity index (χ4v) is 6.05. The Morgan fingerprint density at radius 1 is 0.814 bits per heavy atom. The number of amides is 2. The van der Waals surface area contributed by atoms with Crippen molar-refractivity contribution in [2.24, 2.45) is 0 Å². The van der Waals surface area contributed by atoms with Crippen molar-refractivity contribution in [3.8, 4) is 0 Å². The van der Waals surface area contributed by atoms with Crippen molar-refractivity contribution in [1.82, 2.24) is 10.2 Å². The second kappa shape index (κ2) is 14.2. The van der Waals surface area contributed by atoms with Gasteiger partial charge in [-0.2, -0.15) is 0 Å². The summed E-state index contributed by atoms with van der Waals surface area (Å²) in [4.78, 5) is 39.7. The zero-order chi connectivity index (χ0) is 30.8. The number of nitrogens with one attached hydrogen (secondary N) is 1. The predicted molar refractivity (Wildman–Crippen MR) is 164 cm³/mol. The van der Waals surface area contributed by atoms with Gasteiger partial charge in [0.25, 0.3) is 15.7 Å². The first-order valence-electron chi connectivity index (χ1n) is 13.7. The van der Waals surface area contributed by atoms with Gasteiger partial charge in [0, 0.05) is 31.6 Å². The van der Waals surface area contributed by atoms with Crippen LogP contribution >= 0.6 is 0 Å². The van der Waals surface area contributed by atoms with Gasteiger partial charge in [0.2, 0.25) is 11.8 Å². The summed E-state index contributed by atoms with van der Waals surface area (Å²) in [6.45, 7) is 1.53. The zero-order valence-electron chi connectivity index (χ0n) is 23.6. The van der Waals surface area contributed by atoms with Gasteiger partial charge in [0.05, 0.1) is 15.5 Å². The molecule has 0 aliphatic rings. The number of nitro groups is 1. The minimum atomic E-state index is -4.29. The highest BCUT2D eigenvalue weighted by Gasteiger charge is 2.34. The molecule has 4 rings (SSSR count). The number of likely N-dealkylation sites (N-methyl/N-ethyl adjacent to an activating group) is 1. The number of anilines is 1. The van der Waals surface area contributed by atoms with Crippen LogP contribution in [0.3, 0.4) is 0 Å². The highest BCUT2D eigenvalue weighted by atomic mass is 32.2. The van der Waals surface area contributed by atoms with Gasteiger partial charge in [0.1, 0.15) is 12.6 Å². The van der Waals surface area contributed by atoms with Crippen LogP contribution in [0, 0.1) is 10.1 Å². The third kappa shape index (κ3) is 7.83. The largest absolute Gasteiger partial charge is 0.355 e. The Bertz CT molecular complexity index is 1630. The Morgan fingerprint density at radius 2 is 1.35 bits per heavy atom. The molecule has 222 valence electrons. The fourth-order valence-electron chi connectivity index (χ4n) is 4.62. The summed E-state index contributed by atoms with van der Waals surface area (Å²) in [5, 5.41) is 14.1. The highest BCUT2D eigenvalue weighted by molar-refractivity contribution is 7.92. The lowest BCUT2D eigenvalue weighted by atomic mass is 10.0. The van der Waals surface area contributed by atoms with E-state index in [2.05, 4.69) is 5.32 Å². The third-order valence-electron chi connectivity index (χ3n) is 6.78. The van der Waals surface area contributed by atoms with E-state index in [1.165, 1.54) is 41.3 Å². The Morgan fingerprint density at radius 3 is 1.88 bits per heavy atom. The molecule has 0 aliphatic carbocycles. The van der Waals surface area contributed by atoms with Crippen molar-refractivity contribution < 1.29 is 22.9 Å². The van der Waals surface area contributed by atoms with E-state index in [0.717, 1.165) is 15.4 Å². The van der Waals surface area contributed by atoms with Crippen molar-refractivity contribution >= 4 is 33.2 Å². The van der Waals surface area contributed by atoms with Gasteiger partial charge in [-0.25, -0.2) is 8.42 Å². The van der Waals surface area contributed by atoms with Crippen molar-refractivity contribution in [2.75, 3.05) is 17.4 Å². The van der Waals surface area contributed by atoms with Crippen LogP contribution < -0.4 is 9.62 Å². The molecule has 0 aromatic heterocycles. The monoisotopic (exact) mass is 600 g/mol. The Hall–Kier alpha value is -5.03. The minimum Gasteiger partial charge on any atom is -0.355 e. The molecule has 0 bridgehead atoms. The lowest BCUT2D eigenvalue weighted by Gasteiger charge is -2.33. The lowest BCUT2D eigenvalue weighted by Crippen LogP contribution is -2.53. The van der Waals surface area contributed by atoms with Crippen LogP contribution in [-0.2, 0) is 32.6 Å². The van der Waals surface area contributed by atoms with E-state index in [0.29, 0.717) is 6.54 Å². The van der Waals surface area contributed by atoms with Crippen LogP contribution in [0.15, 0.2) is 120 Å². The van der Waals surface area contributed by atoms with Gasteiger partial charge in [-0.15, -0.1) is 0 Å². The maximum absolute atomic E-state index is 14.3. The van der Waals surface area contributed by atoms with E-state index in [9.17, 15) is 28.1 Å². The molecule has 43 heavy (non-hydrogen) atoms. The summed E-state index contributed by atoms with van der Waals surface area (Å²) in [5.74, 6) is -0.989. The Labute approximate surface area is 250 Å². The van der Waals surface area contributed by atoms with Crippen LogP contribution in [0.5, 0.6) is 0 Å². The molecule has 0 spiro atoms. The highest BCUT2D eigenvalue weighted by Crippen LogP contribution is 2.27. The van der Waals surface area contributed by atoms with Crippen LogP contribution in [0.2, 0.25) is 0 Å². The van der Waals surface area contributed by atoms with Crippen LogP contribution in [0.25, 0.3) is 0 Å². The minimum absolute atomic E-state index is 0.0494. The fraction of sp³-hybridized carbons (Fsp3) is 0.188. The molecular weight excluding hydrogens is 568 g/mol. The molecule has 10 nitrogen and oxygen atoms in total. The summed E-state index contributed by atoms with van der Waals surface area (Å²) < 4.78 is 28.7. The average molecular weight is 601 g/mol. The maximum atomic E-state index is 14.3. The molecule has 0 saturated heterocycles. The van der Waals surface area contributed by atoms with Gasteiger partial charge in [-0.1, -0.05) is 78.9 Å². The smallest absolute Gasteiger partial charge is 0.269 e. The molecule has 4 aromatic rings. The number of nitro benzene ring substituents is 1. The summed E-state index contributed by atoms with van der Waals surface area (Å²) in [5.41, 5.74) is 1.43. The second-order valence-corrected chi connectivity index (χ2v) is 11.6. The van der Waals surface area contributed by atoms with Crippen molar-refractivity contribution in [1.29, 1.82) is 0 Å². The molecule has 1 atom stereocenters.